The van der Waals surface area contributed by atoms with Crippen molar-refractivity contribution in [1.29, 1.82) is 0 Å². The van der Waals surface area contributed by atoms with Gasteiger partial charge in [-0.1, -0.05) is 0 Å². The maximum absolute atomic E-state index is 0. The van der Waals surface area contributed by atoms with E-state index in [1.807, 2.05) is 0 Å². The van der Waals surface area contributed by atoms with Crippen LogP contribution in [0, 0.1) is 0 Å². The van der Waals surface area contributed by atoms with E-state index in [1.165, 1.54) is 0 Å². The van der Waals surface area contributed by atoms with Crippen LogP contribution in [0.5, 0.6) is 0 Å². The summed E-state index contributed by atoms with van der Waals surface area (Å²) in [5, 5.41) is 0. The molecule has 0 rings (SSSR count). The summed E-state index contributed by atoms with van der Waals surface area (Å²) in [5.74, 6) is 0. The third kappa shape index (κ3) is 8.82. The van der Waals surface area contributed by atoms with Gasteiger partial charge in [0, 0.05) is 0 Å². The first kappa shape index (κ1) is 31.3. The minimum atomic E-state index is 0. The van der Waals surface area contributed by atoms with Crippen LogP contribution in [0.1, 0.15) is 0 Å². The Morgan fingerprint density at radius 3 is 1.00 bits per heavy atom. The summed E-state index contributed by atoms with van der Waals surface area (Å²) in [7, 11) is 0. The molecule has 0 saturated carbocycles. The van der Waals surface area contributed by atoms with Gasteiger partial charge >= 0.3 is 52.6 Å². The van der Waals surface area contributed by atoms with Crippen LogP contribution in [0.25, 0.3) is 0 Å². The molecule has 0 nitrogen and oxygen atoms in total. The maximum atomic E-state index is 0. The second-order valence-corrected chi connectivity index (χ2v) is 0. The van der Waals surface area contributed by atoms with E-state index >= 15 is 0 Å². The van der Waals surface area contributed by atoms with E-state index in [4.69, 9.17) is 0 Å². The van der Waals surface area contributed by atoms with Gasteiger partial charge in [-0.25, -0.2) is 0 Å². The van der Waals surface area contributed by atoms with Gasteiger partial charge in [-0.15, -0.1) is 0 Å². The van der Waals surface area contributed by atoms with Gasteiger partial charge < -0.3 is 0 Å². The molecule has 0 aromatic heterocycles. The van der Waals surface area contributed by atoms with E-state index in [0.29, 0.717) is 0 Å². The van der Waals surface area contributed by atoms with Gasteiger partial charge in [0.05, 0.1) is 0 Å². The molecule has 0 spiro atoms. The van der Waals surface area contributed by atoms with Crippen LogP contribution in [-0.4, -0.2) is 80.9 Å². The van der Waals surface area contributed by atoms with Crippen LogP contribution >= 0.6 is 0 Å². The summed E-state index contributed by atoms with van der Waals surface area (Å²) >= 11 is 0. The van der Waals surface area contributed by atoms with Crippen molar-refractivity contribution in [2.45, 2.75) is 0 Å². The smallest absolute Gasteiger partial charge is 0.0149 e. The van der Waals surface area contributed by atoms with E-state index < -0.39 is 0 Å². The average Bonchev–Trinajstić information content (AvgIpc) is 0. The van der Waals surface area contributed by atoms with Crippen molar-refractivity contribution in [2.24, 2.45) is 0 Å². The van der Waals surface area contributed by atoms with Crippen molar-refractivity contribution >= 4 is 80.9 Å². The summed E-state index contributed by atoms with van der Waals surface area (Å²) < 4.78 is 0. The number of hydrogen-bond acceptors (Lipinski definition) is 0. The molecule has 0 aliphatic carbocycles. The molecule has 0 N–H and O–H groups in total. The number of rotatable bonds is 0. The molecule has 0 aromatic rings. The van der Waals surface area contributed by atoms with E-state index in [0.717, 1.165) is 0 Å². The Kier molecular flexibility index (Phi) is 139. The van der Waals surface area contributed by atoms with Crippen LogP contribution in [0.4, 0.5) is 0 Å². The monoisotopic (exact) mass is 112 g/mol. The summed E-state index contributed by atoms with van der Waals surface area (Å²) in [5.41, 5.74) is 0. The molecule has 0 saturated heterocycles. The van der Waals surface area contributed by atoms with Crippen molar-refractivity contribution < 1.29 is 0 Å². The van der Waals surface area contributed by atoms with E-state index in [1.54, 1.807) is 0 Å². The fourth-order valence-corrected chi connectivity index (χ4v) is 0. The Bertz CT molecular complexity index is 8.00. The van der Waals surface area contributed by atoms with Crippen LogP contribution in [0.2, 0.25) is 0 Å². The van der Waals surface area contributed by atoms with E-state index in [9.17, 15) is 0 Å². The normalized spacial score (nSPS) is 0. The fraction of sp³-hybridized carbons (Fsp3) is 0. The third-order valence-corrected chi connectivity index (χ3v) is 0. The van der Waals surface area contributed by atoms with E-state index in [-0.39, 0.29) is 80.9 Å². The third-order valence-electron chi connectivity index (χ3n) is 0. The molecular formula is H10AlMgNaSi. The van der Waals surface area contributed by atoms with Gasteiger partial charge in [0.15, 0.2) is 17.4 Å². The molecule has 0 bridgehead atoms. The summed E-state index contributed by atoms with van der Waals surface area (Å²) in [6.45, 7) is 0. The zero-order valence-electron chi connectivity index (χ0n) is 0. The molecular weight excluding hydrogens is 102 g/mol. The number of hydrogen-bond donors (Lipinski definition) is 0. The molecule has 4 heteroatoms. The van der Waals surface area contributed by atoms with Crippen LogP contribution in [-0.2, 0) is 0 Å². The minimum Gasteiger partial charge on any atom is -0.0149 e. The largest absolute Gasteiger partial charge is 0.0149 e. The van der Waals surface area contributed by atoms with Crippen LogP contribution < -0.4 is 0 Å². The summed E-state index contributed by atoms with van der Waals surface area (Å²) in [4.78, 5) is 0. The first-order valence-corrected chi connectivity index (χ1v) is 0. The van der Waals surface area contributed by atoms with Crippen molar-refractivity contribution in [3.05, 3.63) is 0 Å². The van der Waals surface area contributed by atoms with Crippen LogP contribution in [0.15, 0.2) is 0 Å². The van der Waals surface area contributed by atoms with Crippen LogP contribution in [0.3, 0.4) is 0 Å². The zero-order valence-corrected chi connectivity index (χ0v) is 0. The SMILES string of the molecule is [AlH3].[MgH2].[NaH].[SiH4]. The first-order valence-electron chi connectivity index (χ1n) is 0. The molecule has 4 heavy (non-hydrogen) atoms. The van der Waals surface area contributed by atoms with Gasteiger partial charge in [-0.05, 0) is 11.0 Å². The van der Waals surface area contributed by atoms with Crippen molar-refractivity contribution in [1.82, 2.24) is 0 Å². The average molecular weight is 112 g/mol. The van der Waals surface area contributed by atoms with Gasteiger partial charge in [-0.2, -0.15) is 0 Å². The zero-order chi connectivity index (χ0) is 0. The Balaban J connectivity index is 0. The Morgan fingerprint density at radius 1 is 1.00 bits per heavy atom. The quantitative estimate of drug-likeness (QED) is 0.279. The van der Waals surface area contributed by atoms with Gasteiger partial charge in [-0.3, -0.25) is 0 Å². The van der Waals surface area contributed by atoms with Crippen molar-refractivity contribution in [3.63, 3.8) is 0 Å². The molecule has 0 amide bonds. The molecule has 0 heterocycles. The van der Waals surface area contributed by atoms with Gasteiger partial charge in [0.2, 0.25) is 0 Å². The maximum Gasteiger partial charge on any atom is -0.0149 e. The van der Waals surface area contributed by atoms with E-state index in [2.05, 4.69) is 0 Å². The second kappa shape index (κ2) is 17.8. The van der Waals surface area contributed by atoms with Gasteiger partial charge in [0.1, 0.15) is 0 Å². The van der Waals surface area contributed by atoms with Crippen molar-refractivity contribution in [3.8, 4) is 0 Å². The Morgan fingerprint density at radius 2 is 1.00 bits per heavy atom. The molecule has 0 atom stereocenters. The minimum absolute atomic E-state index is 0. The first-order chi connectivity index (χ1) is 0. The standard InChI is InChI=1S/Al.Mg.Na.H4Si.6H/h;;;1H4;;;;;;. The molecule has 0 unspecified atom stereocenters. The molecule has 0 aliphatic heterocycles. The summed E-state index contributed by atoms with van der Waals surface area (Å²) in [6.07, 6.45) is 0. The predicted octanol–water partition coefficient (Wildman–Crippen LogP) is -4.20. The molecule has 0 fully saturated rings. The molecule has 0 aromatic carbocycles. The van der Waals surface area contributed by atoms with Crippen molar-refractivity contribution in [2.75, 3.05) is 0 Å². The molecule has 20 valence electrons. The Labute approximate surface area is 79.7 Å². The second-order valence-electron chi connectivity index (χ2n) is 0. The molecule has 0 radical (unpaired) electrons. The van der Waals surface area contributed by atoms with Gasteiger partial charge in [0.25, 0.3) is 0 Å². The molecule has 0 aliphatic rings. The fourth-order valence-electron chi connectivity index (χ4n) is 0. The predicted molar refractivity (Wildman–Crippen MR) is 37.0 cm³/mol. The topological polar surface area (TPSA) is 0 Å². The Hall–Kier alpha value is 2.52. The summed E-state index contributed by atoms with van der Waals surface area (Å²) in [6, 6.07) is 0.